The van der Waals surface area contributed by atoms with E-state index in [2.05, 4.69) is 5.16 Å². The van der Waals surface area contributed by atoms with Gasteiger partial charge in [0.25, 0.3) is 0 Å². The molecule has 0 amide bonds. The molecular weight excluding hydrogens is 181 g/mol. The molecule has 2 nitrogen and oxygen atoms in total. The molecule has 0 aliphatic heterocycles. The van der Waals surface area contributed by atoms with Crippen molar-refractivity contribution >= 4 is 5.71 Å². The lowest BCUT2D eigenvalue weighted by atomic mass is 10.1. The fourth-order valence-corrected chi connectivity index (χ4v) is 1.81. The maximum Gasteiger partial charge on any atom is 0.123 e. The monoisotopic (exact) mass is 193 g/mol. The second-order valence-corrected chi connectivity index (χ2v) is 3.74. The molecule has 1 aliphatic rings. The number of rotatable bonds is 2. The zero-order valence-electron chi connectivity index (χ0n) is 7.94. The van der Waals surface area contributed by atoms with Crippen LogP contribution in [-0.2, 0) is 0 Å². The van der Waals surface area contributed by atoms with Crippen LogP contribution in [0.1, 0.15) is 24.8 Å². The van der Waals surface area contributed by atoms with Crippen molar-refractivity contribution in [3.8, 4) is 0 Å². The molecule has 0 heterocycles. The van der Waals surface area contributed by atoms with Gasteiger partial charge in [-0.25, -0.2) is 4.39 Å². The lowest BCUT2D eigenvalue weighted by Crippen LogP contribution is -1.96. The predicted octanol–water partition coefficient (Wildman–Crippen LogP) is 2.78. The first-order chi connectivity index (χ1) is 6.72. The smallest absolute Gasteiger partial charge is 0.123 e. The minimum absolute atomic E-state index is 0.210. The quantitative estimate of drug-likeness (QED) is 0.437. The maximum atomic E-state index is 12.6. The molecule has 2 atom stereocenters. The van der Waals surface area contributed by atoms with Gasteiger partial charge in [0.2, 0.25) is 0 Å². The number of hydrogen-bond donors (Lipinski definition) is 1. The highest BCUT2D eigenvalue weighted by Gasteiger charge is 2.40. The van der Waals surface area contributed by atoms with E-state index in [9.17, 15) is 4.39 Å². The Kier molecular flexibility index (Phi) is 2.23. The van der Waals surface area contributed by atoms with Crippen molar-refractivity contribution in [2.75, 3.05) is 0 Å². The van der Waals surface area contributed by atoms with Crippen molar-refractivity contribution in [2.45, 2.75) is 19.3 Å². The molecule has 0 bridgehead atoms. The summed E-state index contributed by atoms with van der Waals surface area (Å²) >= 11 is 0. The molecule has 1 N–H and O–H groups in total. The van der Waals surface area contributed by atoms with Gasteiger partial charge < -0.3 is 5.21 Å². The number of halogens is 1. The van der Waals surface area contributed by atoms with E-state index in [1.54, 1.807) is 12.1 Å². The molecule has 1 fully saturated rings. The van der Waals surface area contributed by atoms with Crippen LogP contribution in [0.5, 0.6) is 0 Å². The third-order valence-electron chi connectivity index (χ3n) is 2.78. The first-order valence-corrected chi connectivity index (χ1v) is 4.66. The molecule has 1 saturated carbocycles. The normalized spacial score (nSPS) is 26.3. The highest BCUT2D eigenvalue weighted by molar-refractivity contribution is 5.87. The minimum atomic E-state index is -0.210. The van der Waals surface area contributed by atoms with E-state index in [-0.39, 0.29) is 5.82 Å². The summed E-state index contributed by atoms with van der Waals surface area (Å²) in [4.78, 5) is 0. The molecule has 2 rings (SSSR count). The van der Waals surface area contributed by atoms with Gasteiger partial charge in [-0.05, 0) is 37.0 Å². The highest BCUT2D eigenvalue weighted by Crippen LogP contribution is 2.48. The number of benzene rings is 1. The summed E-state index contributed by atoms with van der Waals surface area (Å²) in [6.07, 6.45) is 1.00. The number of nitrogens with zero attached hydrogens (tertiary/aromatic N) is 1. The summed E-state index contributed by atoms with van der Waals surface area (Å²) in [5, 5.41) is 11.8. The van der Waals surface area contributed by atoms with Crippen molar-refractivity contribution in [3.05, 3.63) is 35.6 Å². The Hall–Kier alpha value is -1.38. The molecule has 0 aromatic heterocycles. The van der Waals surface area contributed by atoms with Gasteiger partial charge in [0.15, 0.2) is 0 Å². The van der Waals surface area contributed by atoms with Crippen molar-refractivity contribution in [1.82, 2.24) is 0 Å². The van der Waals surface area contributed by atoms with E-state index in [0.29, 0.717) is 11.8 Å². The highest BCUT2D eigenvalue weighted by atomic mass is 19.1. The SMILES string of the molecule is CC(=NO)C1CC1c1ccc(F)cc1. The molecule has 74 valence electrons. The Labute approximate surface area is 82.1 Å². The fraction of sp³-hybridized carbons (Fsp3) is 0.364. The Morgan fingerprint density at radius 1 is 1.43 bits per heavy atom. The zero-order valence-corrected chi connectivity index (χ0v) is 7.94. The Bertz CT molecular complexity index is 358. The van der Waals surface area contributed by atoms with Crippen LogP contribution in [0.2, 0.25) is 0 Å². The van der Waals surface area contributed by atoms with Gasteiger partial charge in [-0.15, -0.1) is 0 Å². The standard InChI is InChI=1S/C11H12FNO/c1-7(13-14)10-6-11(10)8-2-4-9(12)5-3-8/h2-5,10-11,14H,6H2,1H3. The summed E-state index contributed by atoms with van der Waals surface area (Å²) in [5.41, 5.74) is 1.89. The average Bonchev–Trinajstić information content (AvgIpc) is 2.98. The summed E-state index contributed by atoms with van der Waals surface area (Å²) < 4.78 is 12.6. The van der Waals surface area contributed by atoms with Crippen LogP contribution in [0.15, 0.2) is 29.4 Å². The van der Waals surface area contributed by atoms with E-state index >= 15 is 0 Å². The molecule has 2 unspecified atom stereocenters. The average molecular weight is 193 g/mol. The second-order valence-electron chi connectivity index (χ2n) is 3.74. The van der Waals surface area contributed by atoms with Crippen LogP contribution >= 0.6 is 0 Å². The van der Waals surface area contributed by atoms with E-state index < -0.39 is 0 Å². The fourth-order valence-electron chi connectivity index (χ4n) is 1.81. The number of oxime groups is 1. The second kappa shape index (κ2) is 3.40. The van der Waals surface area contributed by atoms with Crippen molar-refractivity contribution in [3.63, 3.8) is 0 Å². The van der Waals surface area contributed by atoms with E-state index in [1.807, 2.05) is 6.92 Å². The van der Waals surface area contributed by atoms with Crippen LogP contribution in [-0.4, -0.2) is 10.9 Å². The van der Waals surface area contributed by atoms with Crippen molar-refractivity contribution < 1.29 is 9.60 Å². The van der Waals surface area contributed by atoms with Gasteiger partial charge in [0, 0.05) is 5.92 Å². The molecule has 14 heavy (non-hydrogen) atoms. The summed E-state index contributed by atoms with van der Waals surface area (Å²) in [7, 11) is 0. The lowest BCUT2D eigenvalue weighted by Gasteiger charge is -1.98. The molecule has 0 radical (unpaired) electrons. The Morgan fingerprint density at radius 3 is 2.64 bits per heavy atom. The third kappa shape index (κ3) is 1.62. The molecule has 1 aromatic rings. The summed E-state index contributed by atoms with van der Waals surface area (Å²) in [5.74, 6) is 0.537. The van der Waals surface area contributed by atoms with Crippen LogP contribution in [0.3, 0.4) is 0 Å². The molecule has 3 heteroatoms. The maximum absolute atomic E-state index is 12.6. The predicted molar refractivity (Wildman–Crippen MR) is 52.1 cm³/mol. The Balaban J connectivity index is 2.10. The first kappa shape index (κ1) is 9.19. The Morgan fingerprint density at radius 2 is 2.07 bits per heavy atom. The molecular formula is C11H12FNO. The molecule has 1 aromatic carbocycles. The van der Waals surface area contributed by atoms with Crippen LogP contribution < -0.4 is 0 Å². The molecule has 1 aliphatic carbocycles. The first-order valence-electron chi connectivity index (χ1n) is 4.66. The molecule has 0 spiro atoms. The van der Waals surface area contributed by atoms with Gasteiger partial charge in [0.05, 0.1) is 5.71 Å². The minimum Gasteiger partial charge on any atom is -0.411 e. The van der Waals surface area contributed by atoms with Gasteiger partial charge in [-0.1, -0.05) is 17.3 Å². The third-order valence-corrected chi connectivity index (χ3v) is 2.78. The van der Waals surface area contributed by atoms with Gasteiger partial charge in [-0.2, -0.15) is 0 Å². The van der Waals surface area contributed by atoms with Gasteiger partial charge in [-0.3, -0.25) is 0 Å². The van der Waals surface area contributed by atoms with Crippen LogP contribution in [0.4, 0.5) is 4.39 Å². The van der Waals surface area contributed by atoms with E-state index in [1.165, 1.54) is 12.1 Å². The van der Waals surface area contributed by atoms with E-state index in [0.717, 1.165) is 17.7 Å². The van der Waals surface area contributed by atoms with Crippen molar-refractivity contribution in [1.29, 1.82) is 0 Å². The summed E-state index contributed by atoms with van der Waals surface area (Å²) in [6.45, 7) is 1.81. The van der Waals surface area contributed by atoms with E-state index in [4.69, 9.17) is 5.21 Å². The summed E-state index contributed by atoms with van der Waals surface area (Å²) in [6, 6.07) is 6.53. The largest absolute Gasteiger partial charge is 0.411 e. The van der Waals surface area contributed by atoms with Gasteiger partial charge in [0.1, 0.15) is 5.82 Å². The molecule has 0 saturated heterocycles. The lowest BCUT2D eigenvalue weighted by molar-refractivity contribution is 0.316. The van der Waals surface area contributed by atoms with Gasteiger partial charge >= 0.3 is 0 Å². The zero-order chi connectivity index (χ0) is 10.1. The van der Waals surface area contributed by atoms with Crippen LogP contribution in [0.25, 0.3) is 0 Å². The van der Waals surface area contributed by atoms with Crippen LogP contribution in [0, 0.1) is 11.7 Å². The topological polar surface area (TPSA) is 32.6 Å². The van der Waals surface area contributed by atoms with Crippen molar-refractivity contribution in [2.24, 2.45) is 11.1 Å². The number of hydrogen-bond acceptors (Lipinski definition) is 2.